The molecule has 6 nitrogen and oxygen atoms in total. The summed E-state index contributed by atoms with van der Waals surface area (Å²) < 4.78 is 5.74. The van der Waals surface area contributed by atoms with E-state index in [9.17, 15) is 10.1 Å². The molecule has 0 aliphatic rings. The van der Waals surface area contributed by atoms with Gasteiger partial charge in [0.15, 0.2) is 5.11 Å². The molecule has 0 saturated carbocycles. The van der Waals surface area contributed by atoms with E-state index < -0.39 is 4.92 Å². The van der Waals surface area contributed by atoms with Gasteiger partial charge in [0.05, 0.1) is 10.6 Å². The lowest BCUT2D eigenvalue weighted by Gasteiger charge is -2.28. The van der Waals surface area contributed by atoms with Crippen molar-refractivity contribution in [2.75, 3.05) is 19.0 Å². The van der Waals surface area contributed by atoms with Gasteiger partial charge in [0.25, 0.3) is 10.9 Å². The fourth-order valence-corrected chi connectivity index (χ4v) is 2.50. The first-order chi connectivity index (χ1) is 11.8. The summed E-state index contributed by atoms with van der Waals surface area (Å²) in [6.45, 7) is 1.98. The molecule has 130 valence electrons. The second-order valence-electron chi connectivity index (χ2n) is 5.47. The van der Waals surface area contributed by atoms with Gasteiger partial charge >= 0.3 is 0 Å². The molecule has 0 fully saturated rings. The summed E-state index contributed by atoms with van der Waals surface area (Å²) in [7, 11) is 3.57. The molecule has 2 rings (SSSR count). The van der Waals surface area contributed by atoms with Crippen LogP contribution in [-0.4, -0.2) is 34.2 Å². The summed E-state index contributed by atoms with van der Waals surface area (Å²) in [6, 6.07) is 13.4. The van der Waals surface area contributed by atoms with Crippen LogP contribution in [0.15, 0.2) is 48.5 Å². The molecule has 0 aromatic heterocycles. The van der Waals surface area contributed by atoms with Crippen LogP contribution < -0.4 is 9.64 Å². The Hall–Kier alpha value is -2.58. The van der Waals surface area contributed by atoms with E-state index in [0.29, 0.717) is 16.5 Å². The van der Waals surface area contributed by atoms with Crippen molar-refractivity contribution in [3.05, 3.63) is 64.2 Å². The first-order valence-corrected chi connectivity index (χ1v) is 8.15. The molecule has 2 aromatic carbocycles. The summed E-state index contributed by atoms with van der Waals surface area (Å²) in [4.78, 5) is 13.6. The van der Waals surface area contributed by atoms with E-state index in [0.717, 1.165) is 5.56 Å². The average Bonchev–Trinajstić information content (AvgIpc) is 2.57. The summed E-state index contributed by atoms with van der Waals surface area (Å²) in [5.41, 5.74) is 1.68. The van der Waals surface area contributed by atoms with E-state index in [1.807, 2.05) is 31.2 Å². The number of thiocarbonyl (C=S) groups is 2. The van der Waals surface area contributed by atoms with Crippen LogP contribution in [-0.2, 0) is 0 Å². The molecule has 0 radical (unpaired) electrons. The Balaban J connectivity index is 2.31. The molecule has 0 N–H and O–H groups in total. The fourth-order valence-electron chi connectivity index (χ4n) is 1.97. The van der Waals surface area contributed by atoms with Gasteiger partial charge in [-0.2, -0.15) is 0 Å². The summed E-state index contributed by atoms with van der Waals surface area (Å²) >= 11 is 10.8. The minimum absolute atomic E-state index is 0.00940. The highest BCUT2D eigenvalue weighted by Gasteiger charge is 2.21. The van der Waals surface area contributed by atoms with Crippen molar-refractivity contribution < 1.29 is 9.66 Å². The smallest absolute Gasteiger partial charge is 0.275 e. The van der Waals surface area contributed by atoms with Gasteiger partial charge < -0.3 is 9.64 Å². The van der Waals surface area contributed by atoms with Crippen LogP contribution in [0.4, 0.5) is 11.4 Å². The summed E-state index contributed by atoms with van der Waals surface area (Å²) in [5, 5.41) is 11.4. The predicted molar refractivity (Wildman–Crippen MR) is 106 cm³/mol. The van der Waals surface area contributed by atoms with Gasteiger partial charge in [-0.1, -0.05) is 17.7 Å². The maximum absolute atomic E-state index is 10.8. The first kappa shape index (κ1) is 18.8. The first-order valence-electron chi connectivity index (χ1n) is 7.34. The zero-order valence-corrected chi connectivity index (χ0v) is 15.6. The lowest BCUT2D eigenvalue weighted by molar-refractivity contribution is -0.384. The molecule has 8 heteroatoms. The Bertz CT molecular complexity index is 790. The lowest BCUT2D eigenvalue weighted by Crippen LogP contribution is -2.44. The van der Waals surface area contributed by atoms with Gasteiger partial charge in [-0.05, 0) is 55.6 Å². The molecule has 0 aliphatic heterocycles. The molecule has 0 amide bonds. The van der Waals surface area contributed by atoms with Crippen molar-refractivity contribution >= 4 is 46.1 Å². The largest absolute Gasteiger partial charge is 0.431 e. The molecule has 0 aliphatic carbocycles. The van der Waals surface area contributed by atoms with E-state index in [1.165, 1.54) is 12.1 Å². The highest BCUT2D eigenvalue weighted by Crippen LogP contribution is 2.22. The molecule has 2 aromatic rings. The summed E-state index contributed by atoms with van der Waals surface area (Å²) in [5.74, 6) is 0.587. The number of aryl methyl sites for hydroxylation is 1. The third kappa shape index (κ3) is 4.71. The molecule has 0 heterocycles. The van der Waals surface area contributed by atoms with E-state index in [2.05, 4.69) is 0 Å². The Labute approximate surface area is 156 Å². The Morgan fingerprint density at radius 1 is 1.04 bits per heavy atom. The van der Waals surface area contributed by atoms with Crippen LogP contribution in [0.3, 0.4) is 0 Å². The number of non-ortho nitro benzene ring substituents is 1. The molecular weight excluding hydrogens is 358 g/mol. The molecule has 0 atom stereocenters. The van der Waals surface area contributed by atoms with Gasteiger partial charge in [-0.25, -0.2) is 4.90 Å². The monoisotopic (exact) mass is 375 g/mol. The third-order valence-electron chi connectivity index (χ3n) is 3.30. The number of nitro groups is 1. The zero-order valence-electron chi connectivity index (χ0n) is 14.0. The third-order valence-corrected chi connectivity index (χ3v) is 4.11. The SMILES string of the molecule is Cc1ccc(OC(=S)N(C(=S)N(C)C)c2ccc([N+](=O)[O-])cc2)cc1. The number of benzene rings is 2. The van der Waals surface area contributed by atoms with Crippen LogP contribution >= 0.6 is 24.4 Å². The van der Waals surface area contributed by atoms with Crippen molar-refractivity contribution in [1.29, 1.82) is 0 Å². The number of hydrogen-bond acceptors (Lipinski definition) is 5. The highest BCUT2D eigenvalue weighted by atomic mass is 32.1. The van der Waals surface area contributed by atoms with Gasteiger partial charge in [0.1, 0.15) is 5.75 Å². The van der Waals surface area contributed by atoms with Gasteiger partial charge in [-0.15, -0.1) is 0 Å². The quantitative estimate of drug-likeness (QED) is 0.458. The average molecular weight is 375 g/mol. The predicted octanol–water partition coefficient (Wildman–Crippen LogP) is 3.92. The van der Waals surface area contributed by atoms with Crippen LogP contribution in [0, 0.1) is 17.0 Å². The minimum atomic E-state index is -0.459. The molecule has 0 spiro atoms. The van der Waals surface area contributed by atoms with E-state index >= 15 is 0 Å². The van der Waals surface area contributed by atoms with Crippen molar-refractivity contribution in [2.45, 2.75) is 6.92 Å². The number of ether oxygens (including phenoxy) is 1. The van der Waals surface area contributed by atoms with Gasteiger partial charge in [0.2, 0.25) is 0 Å². The number of anilines is 1. The van der Waals surface area contributed by atoms with Crippen molar-refractivity contribution in [3.8, 4) is 5.75 Å². The van der Waals surface area contributed by atoms with E-state index in [4.69, 9.17) is 29.2 Å². The molecule has 0 saturated heterocycles. The topological polar surface area (TPSA) is 58.8 Å². The second kappa shape index (κ2) is 8.00. The standard InChI is InChI=1S/C17H17N3O3S2/c1-12-4-10-15(11-5-12)23-17(25)19(16(24)18(2)3)13-6-8-14(9-7-13)20(21)22/h4-11H,1-3H3. The van der Waals surface area contributed by atoms with Crippen LogP contribution in [0.25, 0.3) is 0 Å². The normalized spacial score (nSPS) is 10.0. The Kier molecular flexibility index (Phi) is 6.00. The van der Waals surface area contributed by atoms with Gasteiger partial charge in [0, 0.05) is 26.2 Å². The minimum Gasteiger partial charge on any atom is -0.431 e. The van der Waals surface area contributed by atoms with Crippen LogP contribution in [0.2, 0.25) is 0 Å². The van der Waals surface area contributed by atoms with Crippen molar-refractivity contribution in [2.24, 2.45) is 0 Å². The number of nitrogens with zero attached hydrogens (tertiary/aromatic N) is 3. The Morgan fingerprint density at radius 3 is 2.08 bits per heavy atom. The molecular formula is C17H17N3O3S2. The summed E-state index contributed by atoms with van der Waals surface area (Å²) in [6.07, 6.45) is 0. The van der Waals surface area contributed by atoms with Crippen LogP contribution in [0.1, 0.15) is 5.56 Å². The molecule has 0 bridgehead atoms. The molecule has 0 unspecified atom stereocenters. The maximum Gasteiger partial charge on any atom is 0.275 e. The van der Waals surface area contributed by atoms with Crippen molar-refractivity contribution in [1.82, 2.24) is 4.90 Å². The highest BCUT2D eigenvalue weighted by molar-refractivity contribution is 7.82. The van der Waals surface area contributed by atoms with Gasteiger partial charge in [-0.3, -0.25) is 10.1 Å². The number of hydrogen-bond donors (Lipinski definition) is 0. The van der Waals surface area contributed by atoms with Crippen molar-refractivity contribution in [3.63, 3.8) is 0 Å². The molecule has 25 heavy (non-hydrogen) atoms. The Morgan fingerprint density at radius 2 is 1.60 bits per heavy atom. The fraction of sp³-hybridized carbons (Fsp3) is 0.176. The zero-order chi connectivity index (χ0) is 18.6. The maximum atomic E-state index is 10.8. The van der Waals surface area contributed by atoms with E-state index in [1.54, 1.807) is 36.0 Å². The lowest BCUT2D eigenvalue weighted by atomic mass is 10.2. The number of rotatable bonds is 3. The van der Waals surface area contributed by atoms with Crippen LogP contribution in [0.5, 0.6) is 5.75 Å². The van der Waals surface area contributed by atoms with E-state index in [-0.39, 0.29) is 10.9 Å². The second-order valence-corrected chi connectivity index (χ2v) is 6.18. The number of nitro benzene ring substituents is 1.